The van der Waals surface area contributed by atoms with Gasteiger partial charge in [0.15, 0.2) is 17.0 Å². The van der Waals surface area contributed by atoms with Crippen molar-refractivity contribution >= 4 is 47.8 Å². The monoisotopic (exact) mass is 855 g/mol. The van der Waals surface area contributed by atoms with Crippen molar-refractivity contribution in [1.29, 1.82) is 0 Å². The molecule has 0 radical (unpaired) electrons. The number of aromatic nitrogens is 3. The zero-order valence-corrected chi connectivity index (χ0v) is 29.5. The largest absolute Gasteiger partial charge is 0.394 e. The molecule has 3 fully saturated rings. The molecule has 0 bridgehead atoms. The van der Waals surface area contributed by atoms with E-state index >= 15 is 0 Å². The minimum Gasteiger partial charge on any atom is -0.394 e. The molecule has 0 amide bonds. The average molecular weight is 858 g/mol. The molecule has 3 N–H and O–H groups in total. The van der Waals surface area contributed by atoms with Gasteiger partial charge >= 0.3 is 0 Å². The second-order valence-electron chi connectivity index (χ2n) is 11.1. The molecule has 3 aromatic heterocycles. The maximum Gasteiger partial charge on any atom is 0.257 e. The summed E-state index contributed by atoms with van der Waals surface area (Å²) in [4.78, 5) is 37.7. The van der Waals surface area contributed by atoms with E-state index in [0.717, 1.165) is 0 Å². The lowest BCUT2D eigenvalue weighted by Gasteiger charge is -2.33. The number of halogens is 6. The van der Waals surface area contributed by atoms with Crippen molar-refractivity contribution < 1.29 is 37.6 Å². The van der Waals surface area contributed by atoms with Crippen molar-refractivity contribution in [1.82, 2.24) is 14.1 Å². The number of aliphatic hydroxyl groups is 2. The number of nitrogens with one attached hydrogen (secondary N) is 1. The number of aliphatic hydroxyl groups excluding tert-OH is 2. The minimum absolute atomic E-state index is 0.00765. The molecule has 3 aliphatic rings. The fourth-order valence-electron chi connectivity index (χ4n) is 4.64. The molecule has 256 valence electrons. The summed E-state index contributed by atoms with van der Waals surface area (Å²) in [5.74, 6) is 0. The normalized spacial score (nSPS) is 18.9. The van der Waals surface area contributed by atoms with Crippen LogP contribution in [0.2, 0.25) is 0 Å². The second kappa shape index (κ2) is 15.4. The van der Waals surface area contributed by atoms with E-state index in [1.807, 2.05) is 0 Å². The first-order chi connectivity index (χ1) is 22.1. The van der Waals surface area contributed by atoms with Gasteiger partial charge in [0.25, 0.3) is 16.7 Å². The Hall–Kier alpha value is -2.38. The standard InChI is InChI=1S/C11H13BrFNO4.C11H11BrFNO2.C8H7BrFNO2/c12-7-1-9(11(13)5-18-6-11)10(17)14(2-7)3-8(16)4-15;1-2-3-14-5-8(12)4-9(10(14)15)11(13)6-16-7-11;9-5-1-6(7(12)11-2-5)8(10)3-13-4-8/h1-2,8,15-16H,3-6H2;2,4-5H,1,3,6-7H2;1-2H,3-4H2,(H,11,12). The second-order valence-corrected chi connectivity index (χ2v) is 13.9. The van der Waals surface area contributed by atoms with Crippen LogP contribution in [0.15, 0.2) is 77.2 Å². The summed E-state index contributed by atoms with van der Waals surface area (Å²) in [6, 6.07) is 4.43. The van der Waals surface area contributed by atoms with E-state index in [0.29, 0.717) is 20.0 Å². The van der Waals surface area contributed by atoms with Gasteiger partial charge in [0.1, 0.15) is 0 Å². The van der Waals surface area contributed by atoms with Crippen LogP contribution in [0.3, 0.4) is 0 Å². The summed E-state index contributed by atoms with van der Waals surface area (Å²) in [6.07, 6.45) is 5.09. The predicted octanol–water partition coefficient (Wildman–Crippen LogP) is 3.48. The Bertz CT molecular complexity index is 1770. The number of hydrogen-bond donors (Lipinski definition) is 3. The highest BCUT2D eigenvalue weighted by Gasteiger charge is 2.45. The van der Waals surface area contributed by atoms with E-state index in [1.165, 1.54) is 39.7 Å². The van der Waals surface area contributed by atoms with Gasteiger partial charge in [-0.1, -0.05) is 6.08 Å². The van der Waals surface area contributed by atoms with Crippen LogP contribution in [-0.2, 0) is 44.3 Å². The number of H-pyrrole nitrogens is 1. The van der Waals surface area contributed by atoms with Gasteiger partial charge in [-0.3, -0.25) is 14.4 Å². The molecular formula is C30H31Br3F3N3O8. The van der Waals surface area contributed by atoms with Crippen LogP contribution in [0.5, 0.6) is 0 Å². The van der Waals surface area contributed by atoms with Gasteiger partial charge in [-0.25, -0.2) is 13.2 Å². The molecule has 3 aromatic rings. The van der Waals surface area contributed by atoms with Gasteiger partial charge in [-0.2, -0.15) is 0 Å². The molecule has 3 saturated heterocycles. The average Bonchev–Trinajstić information content (AvgIpc) is 2.98. The van der Waals surface area contributed by atoms with E-state index in [4.69, 9.17) is 19.3 Å². The van der Waals surface area contributed by atoms with Crippen LogP contribution < -0.4 is 16.7 Å². The fraction of sp³-hybridized carbons (Fsp3) is 0.433. The number of ether oxygens (including phenoxy) is 3. The van der Waals surface area contributed by atoms with Crippen molar-refractivity contribution in [2.45, 2.75) is 36.2 Å². The Balaban J connectivity index is 0.000000162. The van der Waals surface area contributed by atoms with E-state index < -0.39 is 40.8 Å². The highest BCUT2D eigenvalue weighted by molar-refractivity contribution is 9.11. The number of rotatable bonds is 8. The van der Waals surface area contributed by atoms with Gasteiger partial charge < -0.3 is 38.5 Å². The van der Waals surface area contributed by atoms with Crippen LogP contribution in [-0.4, -0.2) is 76.7 Å². The van der Waals surface area contributed by atoms with Crippen LogP contribution in [0.1, 0.15) is 16.7 Å². The van der Waals surface area contributed by atoms with Crippen molar-refractivity contribution in [3.8, 4) is 0 Å². The van der Waals surface area contributed by atoms with Gasteiger partial charge in [0.05, 0.1) is 75.6 Å². The lowest BCUT2D eigenvalue weighted by atomic mass is 9.95. The molecule has 6 rings (SSSR count). The molecule has 0 spiro atoms. The molecule has 0 aliphatic carbocycles. The highest BCUT2D eigenvalue weighted by Crippen LogP contribution is 2.34. The van der Waals surface area contributed by atoms with Gasteiger partial charge in [-0.15, -0.1) is 6.58 Å². The summed E-state index contributed by atoms with van der Waals surface area (Å²) >= 11 is 9.62. The van der Waals surface area contributed by atoms with Crippen molar-refractivity contribution in [3.05, 3.63) is 111 Å². The van der Waals surface area contributed by atoms with E-state index in [1.54, 1.807) is 12.3 Å². The maximum atomic E-state index is 14.2. The lowest BCUT2D eigenvalue weighted by molar-refractivity contribution is -0.136. The number of allylic oxidation sites excluding steroid dienone is 1. The summed E-state index contributed by atoms with van der Waals surface area (Å²) < 4.78 is 60.9. The first-order valence-corrected chi connectivity index (χ1v) is 16.4. The molecule has 6 heterocycles. The number of pyridine rings is 3. The summed E-state index contributed by atoms with van der Waals surface area (Å²) in [6.45, 7) is 2.93. The molecule has 0 aromatic carbocycles. The third-order valence-electron chi connectivity index (χ3n) is 7.35. The molecule has 3 aliphatic heterocycles. The van der Waals surface area contributed by atoms with E-state index in [2.05, 4.69) is 59.4 Å². The predicted molar refractivity (Wildman–Crippen MR) is 176 cm³/mol. The lowest BCUT2D eigenvalue weighted by Crippen LogP contribution is -2.47. The van der Waals surface area contributed by atoms with Crippen LogP contribution in [0.4, 0.5) is 13.2 Å². The number of nitrogens with zero attached hydrogens (tertiary/aromatic N) is 2. The van der Waals surface area contributed by atoms with Crippen molar-refractivity contribution in [3.63, 3.8) is 0 Å². The van der Waals surface area contributed by atoms with E-state index in [-0.39, 0.29) is 68.4 Å². The molecule has 1 atom stereocenters. The Morgan fingerprint density at radius 3 is 1.66 bits per heavy atom. The first kappa shape index (κ1) is 37.4. The topological polar surface area (TPSA) is 145 Å². The Morgan fingerprint density at radius 1 is 0.809 bits per heavy atom. The fourth-order valence-corrected chi connectivity index (χ4v) is 5.93. The molecule has 17 heteroatoms. The highest BCUT2D eigenvalue weighted by atomic mass is 79.9. The Morgan fingerprint density at radius 2 is 1.23 bits per heavy atom. The van der Waals surface area contributed by atoms with Crippen LogP contribution >= 0.6 is 47.8 Å². The zero-order valence-electron chi connectivity index (χ0n) is 24.7. The third kappa shape index (κ3) is 8.62. The Labute approximate surface area is 291 Å². The molecule has 1 unspecified atom stereocenters. The maximum absolute atomic E-state index is 14.2. The molecule has 47 heavy (non-hydrogen) atoms. The number of alkyl halides is 3. The third-order valence-corrected chi connectivity index (χ3v) is 8.68. The molecular weight excluding hydrogens is 827 g/mol. The van der Waals surface area contributed by atoms with Crippen molar-refractivity contribution in [2.24, 2.45) is 0 Å². The minimum atomic E-state index is -1.76. The number of hydrogen-bond acceptors (Lipinski definition) is 8. The van der Waals surface area contributed by atoms with Gasteiger partial charge in [-0.05, 0) is 66.0 Å². The molecule has 11 nitrogen and oxygen atoms in total. The van der Waals surface area contributed by atoms with Crippen LogP contribution in [0, 0.1) is 0 Å². The summed E-state index contributed by atoms with van der Waals surface area (Å²) in [7, 11) is 0. The first-order valence-electron chi connectivity index (χ1n) is 14.0. The van der Waals surface area contributed by atoms with Crippen LogP contribution in [0.25, 0.3) is 0 Å². The molecule has 0 saturated carbocycles. The quantitative estimate of drug-likeness (QED) is 0.293. The summed E-state index contributed by atoms with van der Waals surface area (Å²) in [5, 5.41) is 18.1. The van der Waals surface area contributed by atoms with Gasteiger partial charge in [0.2, 0.25) is 0 Å². The SMILES string of the molecule is C=CCn1cc(Br)cc(C2(F)COC2)c1=O.O=c1[nH]cc(Br)cc1C1(F)COC1.O=c1c(C2(F)COC2)cc(Br)cn1CC(O)CO. The smallest absolute Gasteiger partial charge is 0.257 e. The van der Waals surface area contributed by atoms with E-state index in [9.17, 15) is 32.7 Å². The summed E-state index contributed by atoms with van der Waals surface area (Å²) in [5.41, 5.74) is -5.94. The zero-order chi connectivity index (χ0) is 34.6. The Kier molecular flexibility index (Phi) is 12.3. The number of aromatic amines is 1. The van der Waals surface area contributed by atoms with Crippen molar-refractivity contribution in [2.75, 3.05) is 46.2 Å². The van der Waals surface area contributed by atoms with Gasteiger partial charge in [0, 0.05) is 38.6 Å².